The Morgan fingerprint density at radius 3 is 1.82 bits per heavy atom. The molecule has 0 saturated heterocycles. The summed E-state index contributed by atoms with van der Waals surface area (Å²) >= 11 is 6.48. The number of hydrogen-bond acceptors (Lipinski definition) is 28. The van der Waals surface area contributed by atoms with Gasteiger partial charge in [-0.15, -0.1) is 9.45 Å². The molecule has 0 radical (unpaired) electrons. The fraction of sp³-hybridized carbons (Fsp3) is 0.138. The van der Waals surface area contributed by atoms with E-state index in [2.05, 4.69) is 58.7 Å². The van der Waals surface area contributed by atoms with E-state index in [0.29, 0.717) is 0 Å². The van der Waals surface area contributed by atoms with Gasteiger partial charge in [-0.1, -0.05) is 0 Å². The number of phenols is 1. The van der Waals surface area contributed by atoms with Gasteiger partial charge in [0.2, 0.25) is 27.6 Å². The fourth-order valence-corrected chi connectivity index (χ4v) is 8.97. The third kappa shape index (κ3) is 18.9. The predicted octanol–water partition coefficient (Wildman–Crippen LogP) is -9.74. The molecule has 0 unspecified atom stereocenters. The molecule has 37 heteroatoms. The number of aromatic hydroxyl groups is 1. The van der Waals surface area contributed by atoms with Crippen LogP contribution in [0.3, 0.4) is 0 Å². The van der Waals surface area contributed by atoms with Crippen LogP contribution in [0.25, 0.3) is 10.8 Å². The van der Waals surface area contributed by atoms with Crippen LogP contribution >= 0.6 is 36.0 Å². The molecule has 3 N–H and O–H groups in total. The van der Waals surface area contributed by atoms with E-state index in [0.717, 1.165) is 30.3 Å². The van der Waals surface area contributed by atoms with Crippen molar-refractivity contribution in [2.24, 2.45) is 10.2 Å². The minimum atomic E-state index is -5.20. The zero-order valence-corrected chi connectivity index (χ0v) is 47.7. The molecule has 0 spiro atoms. The summed E-state index contributed by atoms with van der Waals surface area (Å²) in [6, 6.07) is 12.5. The summed E-state index contributed by atoms with van der Waals surface area (Å²) in [5.41, 5.74) is -0.523. The van der Waals surface area contributed by atoms with Crippen molar-refractivity contribution in [1.82, 2.24) is 15.0 Å². The van der Waals surface area contributed by atoms with Gasteiger partial charge in [-0.2, -0.15) is 24.4 Å². The van der Waals surface area contributed by atoms with Crippen LogP contribution < -0.4 is 139 Å². The number of aromatic nitrogens is 3. The van der Waals surface area contributed by atoms with Gasteiger partial charge >= 0.3 is 118 Å². The van der Waals surface area contributed by atoms with Gasteiger partial charge in [-0.3, -0.25) is 18.4 Å². The van der Waals surface area contributed by atoms with Crippen LogP contribution in [0.1, 0.15) is 0 Å². The number of sulfone groups is 2. The number of nitrogens with zero attached hydrogens (tertiary/aromatic N) is 5. The van der Waals surface area contributed by atoms with Crippen LogP contribution in [0.15, 0.2) is 96.5 Å². The van der Waals surface area contributed by atoms with Gasteiger partial charge in [0, 0.05) is 11.1 Å². The van der Waals surface area contributed by atoms with E-state index >= 15 is 0 Å². The van der Waals surface area contributed by atoms with E-state index in [1.165, 1.54) is 36.4 Å². The number of phenolic OH excluding ortho intramolecular Hbond substituents is 1. The molecule has 0 fully saturated rings. The first-order chi connectivity index (χ1) is 29.2. The number of halogens is 1. The monoisotopic (exact) mass is 1090 g/mol. The molecule has 334 valence electrons. The molecule has 0 atom stereocenters. The normalized spacial score (nSPS) is 11.8. The predicted molar refractivity (Wildman–Crippen MR) is 206 cm³/mol. The molecule has 5 aromatic rings. The number of benzene rings is 4. The topological polar surface area (TPSA) is 392 Å². The molecule has 0 aliphatic carbocycles. The van der Waals surface area contributed by atoms with E-state index in [-0.39, 0.29) is 198 Å². The molecular weight excluding hydrogens is 1070 g/mol. The first-order valence-corrected chi connectivity index (χ1v) is 23.8. The van der Waals surface area contributed by atoms with Crippen molar-refractivity contribution in [1.29, 1.82) is 0 Å². The Labute approximate surface area is 476 Å². The third-order valence-corrected chi connectivity index (χ3v) is 13.3. The molecule has 26 nitrogen and oxygen atoms in total. The second-order valence-electron chi connectivity index (χ2n) is 11.4. The van der Waals surface area contributed by atoms with Gasteiger partial charge in [-0.05, 0) is 83.7 Å². The maximum absolute atomic E-state index is 12.6. The van der Waals surface area contributed by atoms with Crippen LogP contribution in [0.4, 0.5) is 34.6 Å². The van der Waals surface area contributed by atoms with Crippen LogP contribution in [0, 0.1) is 0 Å². The Morgan fingerprint density at radius 1 is 0.697 bits per heavy atom. The second kappa shape index (κ2) is 28.5. The Kier molecular flexibility index (Phi) is 27.5. The maximum atomic E-state index is 12.6. The standard InChI is InChI=1S/C29H26ClN7O19S6.4Na/c30-27-33-28(31-17-1-5-19(6-2-17)60(43,44)12-10-52-62(48,49)50)35-29(34-27)32-22-15-21(61(45,46)47)13-16-14-23(57-55-53-39)25(26(38)24(16)22)37-36-18-3-7-20(8-4-18)59(41,42)11-9-51-58-56-54-40;;;;/h1-8,13-15,38-40H,9-12H2,(H,45,46,47)(H,48,49,50)(H2,31,32,33,34,35);;;;/q;4*+1/p-4. The van der Waals surface area contributed by atoms with E-state index in [4.69, 9.17) is 15.8 Å². The van der Waals surface area contributed by atoms with Crippen molar-refractivity contribution in [3.63, 3.8) is 0 Å². The van der Waals surface area contributed by atoms with Gasteiger partial charge in [0.1, 0.15) is 15.8 Å². The summed E-state index contributed by atoms with van der Waals surface area (Å²) in [5, 5.41) is 51.2. The number of nitrogens with one attached hydrogen (secondary N) is 2. The largest absolute Gasteiger partial charge is 1.00 e. The smallest absolute Gasteiger partial charge is 0.744 e. The Bertz CT molecular complexity index is 2920. The van der Waals surface area contributed by atoms with Gasteiger partial charge in [0.25, 0.3) is 0 Å². The molecule has 0 saturated carbocycles. The van der Waals surface area contributed by atoms with Crippen molar-refractivity contribution in [3.8, 4) is 5.75 Å². The number of azo groups is 1. The third-order valence-electron chi connectivity index (χ3n) is 7.47. The fourth-order valence-electron chi connectivity index (χ4n) is 4.89. The van der Waals surface area contributed by atoms with E-state index in [1.807, 2.05) is 0 Å². The maximum Gasteiger partial charge on any atom is 1.00 e. The molecule has 1 heterocycles. The molecule has 0 bridgehead atoms. The molecule has 66 heavy (non-hydrogen) atoms. The zero-order valence-electron chi connectivity index (χ0n) is 34.0. The first kappa shape index (κ1) is 63.6. The van der Waals surface area contributed by atoms with Crippen molar-refractivity contribution in [2.45, 2.75) is 19.6 Å². The second-order valence-corrected chi connectivity index (χ2v) is 19.7. The van der Waals surface area contributed by atoms with Crippen LogP contribution in [0.2, 0.25) is 5.28 Å². The van der Waals surface area contributed by atoms with E-state index in [1.54, 1.807) is 0 Å². The van der Waals surface area contributed by atoms with Gasteiger partial charge in [0.05, 0.1) is 67.7 Å². The first-order valence-electron chi connectivity index (χ1n) is 16.0. The van der Waals surface area contributed by atoms with Crippen molar-refractivity contribution >= 4 is 122 Å². The number of anilines is 4. The molecule has 0 amide bonds. The van der Waals surface area contributed by atoms with Gasteiger partial charge in [-0.25, -0.2) is 33.7 Å². The van der Waals surface area contributed by atoms with Crippen molar-refractivity contribution < 1.29 is 204 Å². The molecule has 0 aliphatic rings. The molecule has 5 rings (SSSR count). The molecule has 0 aliphatic heterocycles. The van der Waals surface area contributed by atoms with Gasteiger partial charge < -0.3 is 35.4 Å². The number of hydrogen-bond donors (Lipinski definition) is 3. The summed E-state index contributed by atoms with van der Waals surface area (Å²) < 4.78 is 136. The average molecular weight is 1090 g/mol. The number of fused-ring (bicyclic) bond motifs is 1. The Balaban J connectivity index is 0.00000544. The minimum Gasteiger partial charge on any atom is -0.744 e. The summed E-state index contributed by atoms with van der Waals surface area (Å²) in [7, 11) is -18.3. The molecule has 1 aromatic heterocycles. The summed E-state index contributed by atoms with van der Waals surface area (Å²) in [4.78, 5) is 10.6. The average Bonchev–Trinajstić information content (AvgIpc) is 3.18. The zero-order chi connectivity index (χ0) is 45.3. The minimum absolute atomic E-state index is 0. The Hall–Kier alpha value is -0.460. The van der Waals surface area contributed by atoms with Crippen LogP contribution in [0.5, 0.6) is 5.75 Å². The van der Waals surface area contributed by atoms with Gasteiger partial charge in [0.15, 0.2) is 37.7 Å². The number of rotatable bonds is 22. The molecular formula is C29H22ClN7Na4O19S6. The quantitative estimate of drug-likeness (QED) is 0.00847. The van der Waals surface area contributed by atoms with Crippen molar-refractivity contribution in [2.75, 3.05) is 35.4 Å². The van der Waals surface area contributed by atoms with E-state index < -0.39 is 85.9 Å². The Morgan fingerprint density at radius 2 is 1.26 bits per heavy atom. The molecule has 4 aromatic carbocycles. The summed E-state index contributed by atoms with van der Waals surface area (Å²) in [6.45, 7) is -1.29. The SMILES string of the molecule is O=S(=O)([O-])OCCS(=O)(=O)c1ccc(Nc2nc(Cl)nc(Nc3cc(S(=O)(=O)[O-])cc4cc(SOO[O-])c(N=Nc5ccc(S(=O)(=O)CCOSOO[O-])cc5)c(O)c34)n2)cc1.[Na+].[Na+].[Na+].[Na+]. The van der Waals surface area contributed by atoms with Crippen LogP contribution in [-0.4, -0.2) is 87.6 Å². The summed E-state index contributed by atoms with van der Waals surface area (Å²) in [5.74, 6) is -2.77. The summed E-state index contributed by atoms with van der Waals surface area (Å²) in [6.07, 6.45) is 0. The van der Waals surface area contributed by atoms with E-state index in [9.17, 15) is 58.4 Å². The van der Waals surface area contributed by atoms with Crippen LogP contribution in [-0.2, 0) is 67.3 Å². The van der Waals surface area contributed by atoms with Crippen molar-refractivity contribution in [3.05, 3.63) is 72.0 Å².